The van der Waals surface area contributed by atoms with Crippen molar-refractivity contribution in [1.29, 1.82) is 0 Å². The first-order valence-electron chi connectivity index (χ1n) is 3.83. The minimum atomic E-state index is -0.0177. The third-order valence-corrected chi connectivity index (χ3v) is 2.67. The highest BCUT2D eigenvalue weighted by Gasteiger charge is 2.09. The number of rotatable bonds is 4. The summed E-state index contributed by atoms with van der Waals surface area (Å²) in [6, 6.07) is 1.94. The average Bonchev–Trinajstić information content (AvgIpc) is 2.51. The number of aliphatic hydroxyl groups is 1. The first-order valence-corrected chi connectivity index (χ1v) is 4.71. The van der Waals surface area contributed by atoms with Gasteiger partial charge in [-0.1, -0.05) is 6.08 Å². The number of nitrogens with two attached hydrogens (primary N) is 1. The van der Waals surface area contributed by atoms with Crippen molar-refractivity contribution in [1.82, 2.24) is 0 Å². The molecule has 3 heteroatoms. The quantitative estimate of drug-likeness (QED) is 0.699. The third-order valence-electron chi connectivity index (χ3n) is 1.74. The van der Waals surface area contributed by atoms with E-state index in [9.17, 15) is 0 Å². The highest BCUT2D eigenvalue weighted by atomic mass is 32.1. The summed E-state index contributed by atoms with van der Waals surface area (Å²) in [5, 5.41) is 10.9. The SMILES string of the molecule is C=CCC(N)c1ccsc1CO. The topological polar surface area (TPSA) is 46.2 Å². The van der Waals surface area contributed by atoms with Gasteiger partial charge in [-0.3, -0.25) is 0 Å². The zero-order valence-electron chi connectivity index (χ0n) is 6.86. The molecule has 0 fully saturated rings. The zero-order valence-corrected chi connectivity index (χ0v) is 7.68. The van der Waals surface area contributed by atoms with Crippen LogP contribution in [0.15, 0.2) is 24.1 Å². The summed E-state index contributed by atoms with van der Waals surface area (Å²) in [7, 11) is 0. The molecule has 0 aromatic carbocycles. The van der Waals surface area contributed by atoms with E-state index in [1.165, 1.54) is 11.3 Å². The van der Waals surface area contributed by atoms with Gasteiger partial charge < -0.3 is 10.8 Å². The Bertz CT molecular complexity index is 257. The van der Waals surface area contributed by atoms with Crippen molar-refractivity contribution in [2.24, 2.45) is 5.73 Å². The van der Waals surface area contributed by atoms with Crippen LogP contribution in [0.2, 0.25) is 0 Å². The highest BCUT2D eigenvalue weighted by Crippen LogP contribution is 2.24. The molecule has 0 saturated carbocycles. The number of aliphatic hydroxyl groups excluding tert-OH is 1. The van der Waals surface area contributed by atoms with Crippen LogP contribution in [-0.4, -0.2) is 5.11 Å². The second-order valence-electron chi connectivity index (χ2n) is 2.59. The van der Waals surface area contributed by atoms with Crippen molar-refractivity contribution in [3.63, 3.8) is 0 Å². The van der Waals surface area contributed by atoms with Gasteiger partial charge in [0.1, 0.15) is 0 Å². The molecule has 1 heterocycles. The monoisotopic (exact) mass is 183 g/mol. The lowest BCUT2D eigenvalue weighted by molar-refractivity contribution is 0.284. The van der Waals surface area contributed by atoms with Crippen molar-refractivity contribution in [2.75, 3.05) is 0 Å². The predicted molar refractivity (Wildman–Crippen MR) is 52.0 cm³/mol. The molecule has 0 aliphatic heterocycles. The van der Waals surface area contributed by atoms with E-state index in [1.54, 1.807) is 6.08 Å². The molecule has 0 amide bonds. The molecule has 2 nitrogen and oxygen atoms in total. The summed E-state index contributed by atoms with van der Waals surface area (Å²) < 4.78 is 0. The molecule has 0 spiro atoms. The third kappa shape index (κ3) is 1.94. The van der Waals surface area contributed by atoms with Crippen molar-refractivity contribution in [2.45, 2.75) is 19.1 Å². The summed E-state index contributed by atoms with van der Waals surface area (Å²) in [4.78, 5) is 0.962. The number of hydrogen-bond acceptors (Lipinski definition) is 3. The van der Waals surface area contributed by atoms with Crippen molar-refractivity contribution in [3.05, 3.63) is 34.5 Å². The van der Waals surface area contributed by atoms with Crippen molar-refractivity contribution < 1.29 is 5.11 Å². The molecule has 1 unspecified atom stereocenters. The summed E-state index contributed by atoms with van der Waals surface area (Å²) >= 11 is 1.54. The van der Waals surface area contributed by atoms with Crippen LogP contribution in [0.4, 0.5) is 0 Å². The zero-order chi connectivity index (χ0) is 8.97. The Morgan fingerprint density at radius 3 is 3.08 bits per heavy atom. The molecule has 0 saturated heterocycles. The lowest BCUT2D eigenvalue weighted by Crippen LogP contribution is -2.09. The van der Waals surface area contributed by atoms with E-state index < -0.39 is 0 Å². The van der Waals surface area contributed by atoms with Crippen LogP contribution in [0.25, 0.3) is 0 Å². The molecular formula is C9H13NOS. The van der Waals surface area contributed by atoms with Crippen LogP contribution in [0, 0.1) is 0 Å². The van der Waals surface area contributed by atoms with Crippen LogP contribution < -0.4 is 5.73 Å². The maximum Gasteiger partial charge on any atom is 0.0777 e. The van der Waals surface area contributed by atoms with Crippen LogP contribution in [0.5, 0.6) is 0 Å². The lowest BCUT2D eigenvalue weighted by Gasteiger charge is -2.08. The summed E-state index contributed by atoms with van der Waals surface area (Å²) in [6.45, 7) is 3.71. The Balaban J connectivity index is 2.78. The van der Waals surface area contributed by atoms with Gasteiger partial charge in [0.2, 0.25) is 0 Å². The van der Waals surface area contributed by atoms with Gasteiger partial charge in [-0.25, -0.2) is 0 Å². The van der Waals surface area contributed by atoms with E-state index in [0.717, 1.165) is 16.9 Å². The summed E-state index contributed by atoms with van der Waals surface area (Å²) in [5.74, 6) is 0. The first kappa shape index (κ1) is 9.45. The van der Waals surface area contributed by atoms with Crippen molar-refractivity contribution in [3.8, 4) is 0 Å². The fraction of sp³-hybridized carbons (Fsp3) is 0.333. The maximum atomic E-state index is 8.95. The van der Waals surface area contributed by atoms with Gasteiger partial charge in [-0.15, -0.1) is 17.9 Å². The standard InChI is InChI=1S/C9H13NOS/c1-2-3-8(10)7-4-5-12-9(7)6-11/h2,4-5,8,11H,1,3,6,10H2. The predicted octanol–water partition coefficient (Wildman–Crippen LogP) is 1.82. The molecule has 1 atom stereocenters. The molecule has 0 aliphatic rings. The molecule has 1 aromatic heterocycles. The van der Waals surface area contributed by atoms with E-state index in [4.69, 9.17) is 10.8 Å². The van der Waals surface area contributed by atoms with E-state index >= 15 is 0 Å². The molecule has 12 heavy (non-hydrogen) atoms. The van der Waals surface area contributed by atoms with Gasteiger partial charge in [0, 0.05) is 10.9 Å². The fourth-order valence-electron chi connectivity index (χ4n) is 1.12. The second kappa shape index (κ2) is 4.40. The Kier molecular flexibility index (Phi) is 3.47. The van der Waals surface area contributed by atoms with E-state index in [2.05, 4.69) is 6.58 Å². The van der Waals surface area contributed by atoms with Gasteiger partial charge in [0.15, 0.2) is 0 Å². The van der Waals surface area contributed by atoms with Gasteiger partial charge in [0.25, 0.3) is 0 Å². The summed E-state index contributed by atoms with van der Waals surface area (Å²) in [6.07, 6.45) is 2.55. The van der Waals surface area contributed by atoms with E-state index in [1.807, 2.05) is 11.4 Å². The van der Waals surface area contributed by atoms with E-state index in [-0.39, 0.29) is 12.6 Å². The molecular weight excluding hydrogens is 170 g/mol. The molecule has 3 N–H and O–H groups in total. The Hall–Kier alpha value is -0.640. The maximum absolute atomic E-state index is 8.95. The lowest BCUT2D eigenvalue weighted by atomic mass is 10.1. The Labute approximate surface area is 76.3 Å². The van der Waals surface area contributed by atoms with Gasteiger partial charge >= 0.3 is 0 Å². The Morgan fingerprint density at radius 1 is 1.75 bits per heavy atom. The molecule has 1 rings (SSSR count). The second-order valence-corrected chi connectivity index (χ2v) is 3.59. The summed E-state index contributed by atoms with van der Waals surface area (Å²) in [5.41, 5.74) is 6.89. The Morgan fingerprint density at radius 2 is 2.50 bits per heavy atom. The fourth-order valence-corrected chi connectivity index (χ4v) is 1.92. The largest absolute Gasteiger partial charge is 0.391 e. The van der Waals surface area contributed by atoms with E-state index in [0.29, 0.717) is 0 Å². The molecule has 0 bridgehead atoms. The highest BCUT2D eigenvalue weighted by molar-refractivity contribution is 7.10. The molecule has 0 radical (unpaired) electrons. The van der Waals surface area contributed by atoms with Crippen LogP contribution >= 0.6 is 11.3 Å². The molecule has 1 aromatic rings. The normalized spacial score (nSPS) is 12.8. The van der Waals surface area contributed by atoms with Gasteiger partial charge in [-0.05, 0) is 23.4 Å². The minimum absolute atomic E-state index is 0.0177. The average molecular weight is 183 g/mol. The van der Waals surface area contributed by atoms with Crippen LogP contribution in [-0.2, 0) is 6.61 Å². The number of hydrogen-bond donors (Lipinski definition) is 2. The van der Waals surface area contributed by atoms with Crippen molar-refractivity contribution >= 4 is 11.3 Å². The van der Waals surface area contributed by atoms with Gasteiger partial charge in [-0.2, -0.15) is 0 Å². The van der Waals surface area contributed by atoms with Crippen LogP contribution in [0.3, 0.4) is 0 Å². The van der Waals surface area contributed by atoms with Crippen LogP contribution in [0.1, 0.15) is 22.9 Å². The molecule has 0 aliphatic carbocycles. The molecule has 66 valence electrons. The minimum Gasteiger partial charge on any atom is -0.391 e. The smallest absolute Gasteiger partial charge is 0.0777 e. The van der Waals surface area contributed by atoms with Gasteiger partial charge in [0.05, 0.1) is 6.61 Å². The first-order chi connectivity index (χ1) is 5.79. The number of thiophene rings is 1.